The number of hydrogen-bond donors (Lipinski definition) is 0. The quantitative estimate of drug-likeness (QED) is 0.309. The third kappa shape index (κ3) is 3.77. The predicted octanol–water partition coefficient (Wildman–Crippen LogP) is 6.28. The second kappa shape index (κ2) is 9.18. The molecule has 1 aliphatic rings. The van der Waals surface area contributed by atoms with Crippen molar-refractivity contribution in [1.82, 2.24) is 0 Å². The minimum absolute atomic E-state index is 0.108. The fourth-order valence-corrected chi connectivity index (χ4v) is 4.47. The standard InChI is InChI=1S/C29H27NO4/c1-3-5-18-33-22-16-12-20(13-17-22)26-25-27(31)23-8-6-7-9-24(23)34-28(25)29(32)30(26)21-14-10-19(4-2)11-15-21/h6-17,26H,3-5,18H2,1-2H3. The molecule has 3 aromatic carbocycles. The molecule has 0 radical (unpaired) electrons. The van der Waals surface area contributed by atoms with Gasteiger partial charge in [0.05, 0.1) is 23.6 Å². The van der Waals surface area contributed by atoms with Crippen LogP contribution in [0.5, 0.6) is 5.75 Å². The lowest BCUT2D eigenvalue weighted by molar-refractivity contribution is 0.0971. The first-order valence-corrected chi connectivity index (χ1v) is 11.8. The minimum Gasteiger partial charge on any atom is -0.494 e. The second-order valence-corrected chi connectivity index (χ2v) is 8.54. The number of anilines is 1. The van der Waals surface area contributed by atoms with E-state index in [1.807, 2.05) is 48.5 Å². The van der Waals surface area contributed by atoms with E-state index in [1.54, 1.807) is 29.2 Å². The summed E-state index contributed by atoms with van der Waals surface area (Å²) >= 11 is 0. The molecule has 34 heavy (non-hydrogen) atoms. The number of benzene rings is 3. The van der Waals surface area contributed by atoms with Gasteiger partial charge < -0.3 is 9.15 Å². The van der Waals surface area contributed by atoms with E-state index in [9.17, 15) is 9.59 Å². The summed E-state index contributed by atoms with van der Waals surface area (Å²) < 4.78 is 11.8. The zero-order chi connectivity index (χ0) is 23.7. The van der Waals surface area contributed by atoms with E-state index in [1.165, 1.54) is 5.56 Å². The first kappa shape index (κ1) is 22.0. The Labute approximate surface area is 198 Å². The van der Waals surface area contributed by atoms with Crippen molar-refractivity contribution in [3.05, 3.63) is 105 Å². The molecule has 1 atom stereocenters. The number of fused-ring (bicyclic) bond motifs is 2. The van der Waals surface area contributed by atoms with Crippen LogP contribution in [0.1, 0.15) is 60.0 Å². The number of hydrogen-bond acceptors (Lipinski definition) is 4. The molecular formula is C29H27NO4. The van der Waals surface area contributed by atoms with E-state index in [4.69, 9.17) is 9.15 Å². The Morgan fingerprint density at radius 1 is 0.912 bits per heavy atom. The van der Waals surface area contributed by atoms with Crippen LogP contribution < -0.4 is 15.1 Å². The highest BCUT2D eigenvalue weighted by Crippen LogP contribution is 2.41. The molecule has 0 spiro atoms. The van der Waals surface area contributed by atoms with Crippen LogP contribution in [0.2, 0.25) is 0 Å². The number of carbonyl (C=O) groups is 1. The fraction of sp³-hybridized carbons (Fsp3) is 0.241. The zero-order valence-corrected chi connectivity index (χ0v) is 19.4. The number of amides is 1. The molecule has 1 aliphatic heterocycles. The second-order valence-electron chi connectivity index (χ2n) is 8.54. The molecular weight excluding hydrogens is 426 g/mol. The smallest absolute Gasteiger partial charge is 0.295 e. The summed E-state index contributed by atoms with van der Waals surface area (Å²) in [4.78, 5) is 28.9. The highest BCUT2D eigenvalue weighted by atomic mass is 16.5. The van der Waals surface area contributed by atoms with Crippen LogP contribution in [-0.4, -0.2) is 12.5 Å². The van der Waals surface area contributed by atoms with Gasteiger partial charge in [0.1, 0.15) is 11.3 Å². The average molecular weight is 454 g/mol. The Hall–Kier alpha value is -3.86. The van der Waals surface area contributed by atoms with E-state index >= 15 is 0 Å². The average Bonchev–Trinajstić information content (AvgIpc) is 3.17. The fourth-order valence-electron chi connectivity index (χ4n) is 4.47. The van der Waals surface area contributed by atoms with Crippen LogP contribution in [0.3, 0.4) is 0 Å². The number of nitrogens with zero attached hydrogens (tertiary/aromatic N) is 1. The van der Waals surface area contributed by atoms with Crippen LogP contribution in [0, 0.1) is 0 Å². The molecule has 1 aromatic heterocycles. The minimum atomic E-state index is -0.583. The van der Waals surface area contributed by atoms with Gasteiger partial charge in [-0.2, -0.15) is 0 Å². The molecule has 0 saturated heterocycles. The number of aryl methyl sites for hydroxylation is 1. The maximum atomic E-state index is 13.6. The van der Waals surface area contributed by atoms with Gasteiger partial charge in [-0.15, -0.1) is 0 Å². The molecule has 4 aromatic rings. The number of para-hydroxylation sites is 1. The summed E-state index contributed by atoms with van der Waals surface area (Å²) in [6.07, 6.45) is 2.96. The molecule has 1 unspecified atom stereocenters. The summed E-state index contributed by atoms with van der Waals surface area (Å²) in [5, 5.41) is 0.474. The SMILES string of the molecule is CCCCOc1ccc(C2c3c(oc4ccccc4c3=O)C(=O)N2c2ccc(CC)cc2)cc1. The number of ether oxygens (including phenoxy) is 1. The molecule has 5 nitrogen and oxygen atoms in total. The van der Waals surface area contributed by atoms with Gasteiger partial charge in [0.15, 0.2) is 5.43 Å². The van der Waals surface area contributed by atoms with Gasteiger partial charge in [-0.25, -0.2) is 0 Å². The molecule has 5 rings (SSSR count). The molecule has 1 amide bonds. The van der Waals surface area contributed by atoms with Crippen LogP contribution in [0.15, 0.2) is 82.0 Å². The van der Waals surface area contributed by atoms with Crippen LogP contribution >= 0.6 is 0 Å². The number of unbranched alkanes of at least 4 members (excludes halogenated alkanes) is 1. The Bertz CT molecular complexity index is 1390. The molecule has 5 heteroatoms. The Morgan fingerprint density at radius 2 is 1.65 bits per heavy atom. The van der Waals surface area contributed by atoms with E-state index < -0.39 is 6.04 Å². The first-order chi connectivity index (χ1) is 16.6. The first-order valence-electron chi connectivity index (χ1n) is 11.8. The van der Waals surface area contributed by atoms with Crippen molar-refractivity contribution in [2.45, 2.75) is 39.2 Å². The van der Waals surface area contributed by atoms with Gasteiger partial charge >= 0.3 is 0 Å². The van der Waals surface area contributed by atoms with Crippen LogP contribution in [-0.2, 0) is 6.42 Å². The summed E-state index contributed by atoms with van der Waals surface area (Å²) in [5.74, 6) is 0.568. The molecule has 2 heterocycles. The summed E-state index contributed by atoms with van der Waals surface area (Å²) in [7, 11) is 0. The lowest BCUT2D eigenvalue weighted by atomic mass is 9.98. The molecule has 0 aliphatic carbocycles. The van der Waals surface area contributed by atoms with Crippen molar-refractivity contribution in [1.29, 1.82) is 0 Å². The van der Waals surface area contributed by atoms with Crippen molar-refractivity contribution in [2.75, 3.05) is 11.5 Å². The van der Waals surface area contributed by atoms with Crippen molar-refractivity contribution in [3.63, 3.8) is 0 Å². The highest BCUT2D eigenvalue weighted by molar-refractivity contribution is 6.10. The normalized spacial score (nSPS) is 15.1. The van der Waals surface area contributed by atoms with Crippen molar-refractivity contribution < 1.29 is 13.9 Å². The Kier molecular flexibility index (Phi) is 5.93. The van der Waals surface area contributed by atoms with E-state index in [2.05, 4.69) is 13.8 Å². The van der Waals surface area contributed by atoms with E-state index in [-0.39, 0.29) is 17.1 Å². The van der Waals surface area contributed by atoms with Crippen LogP contribution in [0.4, 0.5) is 5.69 Å². The van der Waals surface area contributed by atoms with Gasteiger partial charge in [-0.05, 0) is 60.4 Å². The van der Waals surface area contributed by atoms with E-state index in [0.717, 1.165) is 36.3 Å². The lowest BCUT2D eigenvalue weighted by Gasteiger charge is -2.25. The molecule has 0 bridgehead atoms. The molecule has 0 N–H and O–H groups in total. The number of carbonyl (C=O) groups excluding carboxylic acids is 1. The van der Waals surface area contributed by atoms with Crippen molar-refractivity contribution in [3.8, 4) is 5.75 Å². The molecule has 0 saturated carbocycles. The van der Waals surface area contributed by atoms with Gasteiger partial charge in [-0.3, -0.25) is 14.5 Å². The third-order valence-electron chi connectivity index (χ3n) is 6.36. The predicted molar refractivity (Wildman–Crippen MR) is 134 cm³/mol. The Balaban J connectivity index is 1.64. The number of rotatable bonds is 7. The van der Waals surface area contributed by atoms with Crippen molar-refractivity contribution in [2.24, 2.45) is 0 Å². The van der Waals surface area contributed by atoms with Gasteiger partial charge in [-0.1, -0.05) is 56.7 Å². The monoisotopic (exact) mass is 453 g/mol. The Morgan fingerprint density at radius 3 is 2.35 bits per heavy atom. The largest absolute Gasteiger partial charge is 0.494 e. The van der Waals surface area contributed by atoms with Crippen LogP contribution in [0.25, 0.3) is 11.0 Å². The molecule has 0 fully saturated rings. The van der Waals surface area contributed by atoms with Gasteiger partial charge in [0.2, 0.25) is 5.76 Å². The summed E-state index contributed by atoms with van der Waals surface area (Å²) in [6.45, 7) is 4.87. The topological polar surface area (TPSA) is 59.8 Å². The maximum absolute atomic E-state index is 13.6. The summed E-state index contributed by atoms with van der Waals surface area (Å²) in [6, 6.07) is 22.0. The van der Waals surface area contributed by atoms with E-state index in [0.29, 0.717) is 23.1 Å². The van der Waals surface area contributed by atoms with Gasteiger partial charge in [0.25, 0.3) is 5.91 Å². The molecule has 172 valence electrons. The highest BCUT2D eigenvalue weighted by Gasteiger charge is 2.43. The summed E-state index contributed by atoms with van der Waals surface area (Å²) in [5.41, 5.74) is 3.36. The van der Waals surface area contributed by atoms with Crippen molar-refractivity contribution >= 4 is 22.6 Å². The zero-order valence-electron chi connectivity index (χ0n) is 19.4. The maximum Gasteiger partial charge on any atom is 0.295 e. The van der Waals surface area contributed by atoms with Gasteiger partial charge in [0, 0.05) is 5.69 Å². The lowest BCUT2D eigenvalue weighted by Crippen LogP contribution is -2.29. The third-order valence-corrected chi connectivity index (χ3v) is 6.36.